The van der Waals surface area contributed by atoms with Gasteiger partial charge in [-0.05, 0) is 62.7 Å². The number of hydrogen-bond donors (Lipinski definition) is 0. The third kappa shape index (κ3) is 4.03. The van der Waals surface area contributed by atoms with Crippen LogP contribution in [0.1, 0.15) is 40.2 Å². The van der Waals surface area contributed by atoms with Gasteiger partial charge in [0.05, 0.1) is 25.3 Å². The molecule has 3 aliphatic rings. The second kappa shape index (κ2) is 10.1. The molecule has 0 spiro atoms. The zero-order valence-electron chi connectivity index (χ0n) is 23.2. The lowest BCUT2D eigenvalue weighted by Gasteiger charge is -2.47. The summed E-state index contributed by atoms with van der Waals surface area (Å²) in [5.41, 5.74) is 5.60. The predicted octanol–water partition coefficient (Wildman–Crippen LogP) is 7.60. The first-order valence-corrected chi connectivity index (χ1v) is 14.8. The molecule has 1 amide bonds. The van der Waals surface area contributed by atoms with Gasteiger partial charge in [-0.1, -0.05) is 97.1 Å². The summed E-state index contributed by atoms with van der Waals surface area (Å²) >= 11 is 0. The van der Waals surface area contributed by atoms with Crippen LogP contribution in [0.3, 0.4) is 0 Å². The molecule has 5 aromatic rings. The standard InChI is InChI=1S/C37H31NO4/c39-36(35-28-11-3-1-9-23(28)17-24-10-2-4-12-29(24)35)25-18-26-20-41-21-27(19-25)38(26)37(40)42-22-34-32-15-7-5-13-30(32)31-14-6-8-16-33(31)34/h1-17,25-27,34H,18-22H2. The van der Waals surface area contributed by atoms with Crippen LogP contribution in [0.5, 0.6) is 0 Å². The van der Waals surface area contributed by atoms with Gasteiger partial charge in [-0.2, -0.15) is 0 Å². The first kappa shape index (κ1) is 25.2. The molecule has 5 aromatic carbocycles. The van der Waals surface area contributed by atoms with Crippen molar-refractivity contribution in [2.24, 2.45) is 5.92 Å². The summed E-state index contributed by atoms with van der Waals surface area (Å²) in [6.45, 7) is 1.12. The zero-order valence-corrected chi connectivity index (χ0v) is 23.2. The molecule has 5 heteroatoms. The maximum atomic E-state index is 14.3. The fourth-order valence-corrected chi connectivity index (χ4v) is 7.58. The molecule has 8 rings (SSSR count). The van der Waals surface area contributed by atoms with E-state index in [2.05, 4.69) is 54.6 Å². The Balaban J connectivity index is 1.04. The molecule has 1 aliphatic carbocycles. The molecular weight excluding hydrogens is 522 g/mol. The van der Waals surface area contributed by atoms with Crippen molar-refractivity contribution in [2.45, 2.75) is 30.8 Å². The van der Waals surface area contributed by atoms with E-state index < -0.39 is 0 Å². The molecule has 2 saturated heterocycles. The van der Waals surface area contributed by atoms with Crippen molar-refractivity contribution < 1.29 is 19.1 Å². The van der Waals surface area contributed by atoms with E-state index in [1.807, 2.05) is 53.4 Å². The number of Topliss-reactive ketones (excluding diaryl/α,β-unsaturated/α-hetero) is 1. The van der Waals surface area contributed by atoms with Gasteiger partial charge in [0.1, 0.15) is 6.61 Å². The normalized spacial score (nSPS) is 21.2. The number of ketones is 1. The van der Waals surface area contributed by atoms with Gasteiger partial charge in [-0.15, -0.1) is 0 Å². The lowest BCUT2D eigenvalue weighted by atomic mass is 9.79. The van der Waals surface area contributed by atoms with Crippen LogP contribution in [0.4, 0.5) is 4.79 Å². The van der Waals surface area contributed by atoms with Crippen molar-refractivity contribution in [2.75, 3.05) is 19.8 Å². The van der Waals surface area contributed by atoms with E-state index in [1.165, 1.54) is 22.3 Å². The summed E-state index contributed by atoms with van der Waals surface area (Å²) < 4.78 is 12.0. The highest BCUT2D eigenvalue weighted by Gasteiger charge is 2.45. The van der Waals surface area contributed by atoms with Gasteiger partial charge in [0.2, 0.25) is 0 Å². The predicted molar refractivity (Wildman–Crippen MR) is 164 cm³/mol. The molecule has 2 bridgehead atoms. The minimum atomic E-state index is -0.309. The third-order valence-electron chi connectivity index (χ3n) is 9.46. The zero-order chi connectivity index (χ0) is 28.2. The van der Waals surface area contributed by atoms with Crippen molar-refractivity contribution in [1.82, 2.24) is 4.90 Å². The van der Waals surface area contributed by atoms with Crippen molar-refractivity contribution >= 4 is 33.4 Å². The molecule has 42 heavy (non-hydrogen) atoms. The largest absolute Gasteiger partial charge is 0.448 e. The highest BCUT2D eigenvalue weighted by atomic mass is 16.6. The summed E-state index contributed by atoms with van der Waals surface area (Å²) in [6, 6.07) is 34.8. The van der Waals surface area contributed by atoms with Crippen LogP contribution >= 0.6 is 0 Å². The highest BCUT2D eigenvalue weighted by molar-refractivity contribution is 6.19. The van der Waals surface area contributed by atoms with Gasteiger partial charge in [-0.25, -0.2) is 4.79 Å². The van der Waals surface area contributed by atoms with Crippen LogP contribution < -0.4 is 0 Å². The Labute approximate surface area is 244 Å². The molecule has 2 unspecified atom stereocenters. The van der Waals surface area contributed by atoms with E-state index in [0.29, 0.717) is 26.1 Å². The minimum absolute atomic E-state index is 0.0104. The first-order valence-electron chi connectivity index (χ1n) is 14.8. The van der Waals surface area contributed by atoms with E-state index in [9.17, 15) is 9.59 Å². The van der Waals surface area contributed by atoms with Crippen LogP contribution in [-0.4, -0.2) is 48.7 Å². The quantitative estimate of drug-likeness (QED) is 0.170. The van der Waals surface area contributed by atoms with E-state index in [0.717, 1.165) is 27.1 Å². The van der Waals surface area contributed by atoms with E-state index in [1.54, 1.807) is 0 Å². The number of piperidine rings is 1. The Bertz CT molecular complexity index is 1750. The Morgan fingerprint density at radius 3 is 1.83 bits per heavy atom. The molecule has 0 N–H and O–H groups in total. The Hall–Kier alpha value is -4.48. The van der Waals surface area contributed by atoms with E-state index in [-0.39, 0.29) is 42.4 Å². The lowest BCUT2D eigenvalue weighted by molar-refractivity contribution is -0.0747. The van der Waals surface area contributed by atoms with E-state index >= 15 is 0 Å². The van der Waals surface area contributed by atoms with Gasteiger partial charge in [0, 0.05) is 17.4 Å². The number of carbonyl (C=O) groups excluding carboxylic acids is 2. The van der Waals surface area contributed by atoms with Gasteiger partial charge < -0.3 is 9.47 Å². The minimum Gasteiger partial charge on any atom is -0.448 e. The molecule has 208 valence electrons. The molecule has 2 atom stereocenters. The summed E-state index contributed by atoms with van der Waals surface area (Å²) in [7, 11) is 0. The molecule has 5 nitrogen and oxygen atoms in total. The van der Waals surface area contributed by atoms with Crippen molar-refractivity contribution in [3.63, 3.8) is 0 Å². The fourth-order valence-electron chi connectivity index (χ4n) is 7.58. The van der Waals surface area contributed by atoms with Gasteiger partial charge in [-0.3, -0.25) is 9.69 Å². The van der Waals surface area contributed by atoms with Gasteiger partial charge in [0.15, 0.2) is 5.78 Å². The first-order chi connectivity index (χ1) is 20.7. The maximum Gasteiger partial charge on any atom is 0.410 e. The number of fused-ring (bicyclic) bond motifs is 7. The fraction of sp³-hybridized carbons (Fsp3) is 0.243. The van der Waals surface area contributed by atoms with E-state index in [4.69, 9.17) is 9.47 Å². The number of amides is 1. The average molecular weight is 554 g/mol. The molecule has 0 aromatic heterocycles. The summed E-state index contributed by atoms with van der Waals surface area (Å²) in [6.07, 6.45) is 0.824. The molecule has 0 radical (unpaired) electrons. The van der Waals surface area contributed by atoms with Crippen molar-refractivity contribution in [3.05, 3.63) is 120 Å². The average Bonchev–Trinajstić information content (AvgIpc) is 3.35. The number of carbonyl (C=O) groups is 2. The molecule has 2 fully saturated rings. The monoisotopic (exact) mass is 553 g/mol. The van der Waals surface area contributed by atoms with Crippen molar-refractivity contribution in [3.8, 4) is 11.1 Å². The van der Waals surface area contributed by atoms with Crippen LogP contribution in [0.15, 0.2) is 103 Å². The molecule has 2 aliphatic heterocycles. The second-order valence-electron chi connectivity index (χ2n) is 11.8. The lowest BCUT2D eigenvalue weighted by Crippen LogP contribution is -2.60. The van der Waals surface area contributed by atoms with Gasteiger partial charge in [0.25, 0.3) is 0 Å². The molecule has 0 saturated carbocycles. The van der Waals surface area contributed by atoms with Crippen LogP contribution in [-0.2, 0) is 9.47 Å². The Morgan fingerprint density at radius 1 is 0.714 bits per heavy atom. The summed E-state index contributed by atoms with van der Waals surface area (Å²) in [5, 5.41) is 4.11. The summed E-state index contributed by atoms with van der Waals surface area (Å²) in [4.78, 5) is 29.8. The van der Waals surface area contributed by atoms with Crippen LogP contribution in [0.25, 0.3) is 32.7 Å². The highest BCUT2D eigenvalue weighted by Crippen LogP contribution is 2.45. The Kier molecular flexibility index (Phi) is 6.08. The van der Waals surface area contributed by atoms with Crippen molar-refractivity contribution in [1.29, 1.82) is 0 Å². The van der Waals surface area contributed by atoms with Gasteiger partial charge >= 0.3 is 6.09 Å². The third-order valence-corrected chi connectivity index (χ3v) is 9.46. The summed E-state index contributed by atoms with van der Waals surface area (Å²) in [5.74, 6) is -0.0148. The molecular formula is C37H31NO4. The maximum absolute atomic E-state index is 14.3. The number of benzene rings is 5. The number of hydrogen-bond acceptors (Lipinski definition) is 4. The molecule has 2 heterocycles. The Morgan fingerprint density at radius 2 is 1.24 bits per heavy atom. The van der Waals surface area contributed by atoms with Crippen LogP contribution in [0.2, 0.25) is 0 Å². The topological polar surface area (TPSA) is 55.8 Å². The SMILES string of the molecule is O=C(c1c2ccccc2cc2ccccc12)C1CC2COCC(C1)N2C(=O)OCC1c2ccccc2-c2ccccc21. The van der Waals surface area contributed by atoms with Crippen LogP contribution in [0, 0.1) is 5.92 Å². The number of ether oxygens (including phenoxy) is 2. The number of rotatable bonds is 4. The number of morpholine rings is 1. The second-order valence-corrected chi connectivity index (χ2v) is 11.8. The number of nitrogens with zero attached hydrogens (tertiary/aromatic N) is 1. The smallest absolute Gasteiger partial charge is 0.410 e.